The molecular formula is C9H12ClNO2. The molecule has 0 saturated carbocycles. The monoisotopic (exact) mass is 201 g/mol. The molecule has 0 aliphatic heterocycles. The van der Waals surface area contributed by atoms with Gasteiger partial charge < -0.3 is 4.74 Å². The summed E-state index contributed by atoms with van der Waals surface area (Å²) in [5.74, 6) is 0. The van der Waals surface area contributed by atoms with E-state index in [1.165, 1.54) is 0 Å². The predicted octanol–water partition coefficient (Wildman–Crippen LogP) is 2.22. The number of pyridine rings is 1. The van der Waals surface area contributed by atoms with Crippen molar-refractivity contribution < 1.29 is 9.53 Å². The van der Waals surface area contributed by atoms with E-state index >= 15 is 0 Å². The van der Waals surface area contributed by atoms with E-state index in [0.29, 0.717) is 18.2 Å². The Morgan fingerprint density at radius 3 is 2.62 bits per heavy atom. The van der Waals surface area contributed by atoms with Gasteiger partial charge in [-0.3, -0.25) is 4.79 Å². The number of nitrogens with zero attached hydrogens (tertiary/aromatic N) is 1. The molecule has 0 aliphatic rings. The van der Waals surface area contributed by atoms with Crippen molar-refractivity contribution >= 4 is 18.1 Å². The van der Waals surface area contributed by atoms with E-state index in [-0.39, 0.29) is 0 Å². The number of aromatic nitrogens is 1. The predicted molar refractivity (Wildman–Crippen MR) is 51.7 cm³/mol. The third-order valence-corrected chi connectivity index (χ3v) is 1.32. The third-order valence-electron chi connectivity index (χ3n) is 1.12. The maximum absolute atomic E-state index is 9.18. The molecule has 1 aromatic rings. The zero-order chi connectivity index (χ0) is 10.1. The fraction of sp³-hybridized carbons (Fsp3) is 0.333. The summed E-state index contributed by atoms with van der Waals surface area (Å²) in [6.45, 7) is 4.64. The molecule has 1 rings (SSSR count). The van der Waals surface area contributed by atoms with Crippen LogP contribution in [0.4, 0.5) is 0 Å². The first-order valence-electron chi connectivity index (χ1n) is 3.84. The van der Waals surface area contributed by atoms with Crippen molar-refractivity contribution in [2.45, 2.75) is 13.8 Å². The largest absolute Gasteiger partial charge is 0.468 e. The van der Waals surface area contributed by atoms with Gasteiger partial charge in [0, 0.05) is 6.20 Å². The highest BCUT2D eigenvalue weighted by atomic mass is 35.5. The van der Waals surface area contributed by atoms with Crippen LogP contribution in [-0.4, -0.2) is 18.1 Å². The Bertz CT molecular complexity index is 236. The van der Waals surface area contributed by atoms with E-state index in [1.807, 2.05) is 19.1 Å². The number of hydrogen-bond donors (Lipinski definition) is 0. The Kier molecular flexibility index (Phi) is 6.92. The van der Waals surface area contributed by atoms with Crippen LogP contribution in [0.1, 0.15) is 12.5 Å². The SMILES string of the molecule is CCOC=O.Cc1ccnc(Cl)c1. The van der Waals surface area contributed by atoms with E-state index < -0.39 is 0 Å². The molecule has 0 radical (unpaired) electrons. The molecule has 1 aromatic heterocycles. The molecule has 13 heavy (non-hydrogen) atoms. The van der Waals surface area contributed by atoms with Crippen LogP contribution in [0, 0.1) is 6.92 Å². The summed E-state index contributed by atoms with van der Waals surface area (Å²) in [4.78, 5) is 13.0. The van der Waals surface area contributed by atoms with Crippen LogP contribution >= 0.6 is 11.6 Å². The summed E-state index contributed by atoms with van der Waals surface area (Å²) in [5.41, 5.74) is 1.14. The van der Waals surface area contributed by atoms with Gasteiger partial charge in [0.05, 0.1) is 6.61 Å². The standard InChI is InChI=1S/C6H6ClN.C3H6O2/c1-5-2-3-8-6(7)4-5;1-2-5-3-4/h2-4H,1H3;3H,2H2,1H3. The maximum Gasteiger partial charge on any atom is 0.293 e. The molecule has 0 aromatic carbocycles. The third kappa shape index (κ3) is 7.28. The van der Waals surface area contributed by atoms with Gasteiger partial charge >= 0.3 is 0 Å². The molecule has 0 bridgehead atoms. The van der Waals surface area contributed by atoms with E-state index in [2.05, 4.69) is 9.72 Å². The molecular weight excluding hydrogens is 190 g/mol. The first-order valence-corrected chi connectivity index (χ1v) is 4.22. The van der Waals surface area contributed by atoms with E-state index in [4.69, 9.17) is 11.6 Å². The van der Waals surface area contributed by atoms with E-state index in [9.17, 15) is 4.79 Å². The lowest BCUT2D eigenvalue weighted by molar-refractivity contribution is -0.128. The average Bonchev–Trinajstić information content (AvgIpc) is 2.06. The highest BCUT2D eigenvalue weighted by Gasteiger charge is 1.84. The van der Waals surface area contributed by atoms with Gasteiger partial charge in [0.25, 0.3) is 6.47 Å². The molecule has 0 amide bonds. The van der Waals surface area contributed by atoms with Crippen molar-refractivity contribution in [3.05, 3.63) is 29.0 Å². The molecule has 0 atom stereocenters. The van der Waals surface area contributed by atoms with Gasteiger partial charge in [-0.2, -0.15) is 0 Å². The van der Waals surface area contributed by atoms with Gasteiger partial charge in [-0.1, -0.05) is 11.6 Å². The van der Waals surface area contributed by atoms with Crippen molar-refractivity contribution in [3.8, 4) is 0 Å². The van der Waals surface area contributed by atoms with Gasteiger partial charge in [-0.15, -0.1) is 0 Å². The lowest BCUT2D eigenvalue weighted by Crippen LogP contribution is -1.80. The number of halogens is 1. The molecule has 3 nitrogen and oxygen atoms in total. The van der Waals surface area contributed by atoms with Gasteiger partial charge in [-0.05, 0) is 31.5 Å². The fourth-order valence-electron chi connectivity index (χ4n) is 0.567. The summed E-state index contributed by atoms with van der Waals surface area (Å²) >= 11 is 5.53. The van der Waals surface area contributed by atoms with E-state index in [1.54, 1.807) is 13.1 Å². The molecule has 4 heteroatoms. The normalized spacial score (nSPS) is 8.23. The Labute approximate surface area is 82.7 Å². The Morgan fingerprint density at radius 1 is 1.69 bits per heavy atom. The molecule has 1 heterocycles. The zero-order valence-corrected chi connectivity index (χ0v) is 8.41. The van der Waals surface area contributed by atoms with Crippen LogP contribution in [0.2, 0.25) is 5.15 Å². The van der Waals surface area contributed by atoms with Gasteiger partial charge in [0.15, 0.2) is 0 Å². The van der Waals surface area contributed by atoms with Crippen molar-refractivity contribution in [3.63, 3.8) is 0 Å². The van der Waals surface area contributed by atoms with Crippen molar-refractivity contribution in [1.82, 2.24) is 4.98 Å². The number of hydrogen-bond acceptors (Lipinski definition) is 3. The summed E-state index contributed by atoms with van der Waals surface area (Å²) in [7, 11) is 0. The minimum Gasteiger partial charge on any atom is -0.468 e. The summed E-state index contributed by atoms with van der Waals surface area (Å²) in [5, 5.41) is 0.560. The lowest BCUT2D eigenvalue weighted by atomic mass is 10.3. The summed E-state index contributed by atoms with van der Waals surface area (Å²) in [6, 6.07) is 3.73. The molecule has 0 spiro atoms. The summed E-state index contributed by atoms with van der Waals surface area (Å²) < 4.78 is 4.15. The van der Waals surface area contributed by atoms with Crippen LogP contribution in [0.25, 0.3) is 0 Å². The maximum atomic E-state index is 9.18. The lowest BCUT2D eigenvalue weighted by Gasteiger charge is -1.88. The van der Waals surface area contributed by atoms with Crippen LogP contribution in [0.15, 0.2) is 18.3 Å². The highest BCUT2D eigenvalue weighted by molar-refractivity contribution is 6.29. The van der Waals surface area contributed by atoms with Crippen molar-refractivity contribution in [2.75, 3.05) is 6.61 Å². The highest BCUT2D eigenvalue weighted by Crippen LogP contribution is 2.04. The topological polar surface area (TPSA) is 39.2 Å². The quantitative estimate of drug-likeness (QED) is 0.544. The number of aryl methyl sites for hydroxylation is 1. The molecule has 72 valence electrons. The van der Waals surface area contributed by atoms with Crippen LogP contribution in [0.5, 0.6) is 0 Å². The second-order valence-corrected chi connectivity index (χ2v) is 2.59. The van der Waals surface area contributed by atoms with Gasteiger partial charge in [0.1, 0.15) is 5.15 Å². The van der Waals surface area contributed by atoms with Crippen molar-refractivity contribution in [1.29, 1.82) is 0 Å². The Balaban J connectivity index is 0.000000252. The van der Waals surface area contributed by atoms with Gasteiger partial charge in [-0.25, -0.2) is 4.98 Å². The molecule has 0 fully saturated rings. The van der Waals surface area contributed by atoms with Crippen LogP contribution in [-0.2, 0) is 9.53 Å². The van der Waals surface area contributed by atoms with Crippen molar-refractivity contribution in [2.24, 2.45) is 0 Å². The van der Waals surface area contributed by atoms with Crippen LogP contribution in [0.3, 0.4) is 0 Å². The van der Waals surface area contributed by atoms with E-state index in [0.717, 1.165) is 5.56 Å². The van der Waals surface area contributed by atoms with Gasteiger partial charge in [0.2, 0.25) is 0 Å². The second-order valence-electron chi connectivity index (χ2n) is 2.21. The number of carbonyl (C=O) groups is 1. The molecule has 0 unspecified atom stereocenters. The summed E-state index contributed by atoms with van der Waals surface area (Å²) in [6.07, 6.45) is 1.69. The van der Waals surface area contributed by atoms with Crippen LogP contribution < -0.4 is 0 Å². The number of rotatable bonds is 2. The minimum absolute atomic E-state index is 0.431. The number of carbonyl (C=O) groups excluding carboxylic acids is 1. The molecule has 0 N–H and O–H groups in total. The Hall–Kier alpha value is -1.09. The molecule has 0 aliphatic carbocycles. The minimum atomic E-state index is 0.431. The average molecular weight is 202 g/mol. The smallest absolute Gasteiger partial charge is 0.293 e. The first kappa shape index (κ1) is 11.9. The zero-order valence-electron chi connectivity index (χ0n) is 7.66. The molecule has 0 saturated heterocycles. The second kappa shape index (κ2) is 7.55. The Morgan fingerprint density at radius 2 is 2.38 bits per heavy atom. The number of ether oxygens (including phenoxy) is 1. The first-order chi connectivity index (χ1) is 6.20. The fourth-order valence-corrected chi connectivity index (χ4v) is 0.796.